The topological polar surface area (TPSA) is 76.3 Å². The van der Waals surface area contributed by atoms with Crippen LogP contribution in [0.3, 0.4) is 0 Å². The van der Waals surface area contributed by atoms with E-state index in [-0.39, 0.29) is 16.6 Å². The van der Waals surface area contributed by atoms with Crippen molar-refractivity contribution in [3.05, 3.63) is 18.5 Å². The molecule has 0 saturated heterocycles. The molecule has 0 aliphatic heterocycles. The van der Waals surface area contributed by atoms with Gasteiger partial charge in [0.05, 0.1) is 5.69 Å². The summed E-state index contributed by atoms with van der Waals surface area (Å²) in [4.78, 5) is 3.86. The van der Waals surface area contributed by atoms with Gasteiger partial charge in [-0.3, -0.25) is 4.98 Å². The molecule has 0 aliphatic carbocycles. The van der Waals surface area contributed by atoms with Crippen molar-refractivity contribution in [2.24, 2.45) is 0 Å². The van der Waals surface area contributed by atoms with Crippen LogP contribution in [0.15, 0.2) is 23.4 Å². The predicted molar refractivity (Wildman–Crippen MR) is 63.4 cm³/mol. The van der Waals surface area contributed by atoms with Crippen LogP contribution in [0.1, 0.15) is 20.3 Å². The number of pyridine rings is 1. The van der Waals surface area contributed by atoms with Crippen LogP contribution in [0.25, 0.3) is 0 Å². The van der Waals surface area contributed by atoms with Gasteiger partial charge in [0.1, 0.15) is 4.90 Å². The Morgan fingerprint density at radius 1 is 1.56 bits per heavy atom. The van der Waals surface area contributed by atoms with Gasteiger partial charge in [-0.25, -0.2) is 8.42 Å². The summed E-state index contributed by atoms with van der Waals surface area (Å²) in [7, 11) is -1.98. The number of aromatic nitrogens is 1. The van der Waals surface area contributed by atoms with Gasteiger partial charge in [-0.15, -0.1) is 0 Å². The van der Waals surface area contributed by atoms with Crippen LogP contribution < -0.4 is 5.73 Å². The minimum atomic E-state index is -3.54. The largest absolute Gasteiger partial charge is 0.398 e. The normalized spacial score (nSPS) is 14.0. The summed E-state index contributed by atoms with van der Waals surface area (Å²) in [6, 6.07) is 1.42. The van der Waals surface area contributed by atoms with Crippen molar-refractivity contribution >= 4 is 15.7 Å². The van der Waals surface area contributed by atoms with Crippen molar-refractivity contribution in [1.82, 2.24) is 9.29 Å². The van der Waals surface area contributed by atoms with Gasteiger partial charge >= 0.3 is 0 Å². The average molecular weight is 243 g/mol. The smallest absolute Gasteiger partial charge is 0.246 e. The highest BCUT2D eigenvalue weighted by Crippen LogP contribution is 2.21. The molecule has 6 heteroatoms. The fourth-order valence-corrected chi connectivity index (χ4v) is 2.75. The van der Waals surface area contributed by atoms with Crippen molar-refractivity contribution in [3.8, 4) is 0 Å². The molecule has 0 bridgehead atoms. The van der Waals surface area contributed by atoms with E-state index in [9.17, 15) is 8.42 Å². The summed E-state index contributed by atoms with van der Waals surface area (Å²) in [5, 5.41) is 0. The van der Waals surface area contributed by atoms with Crippen LogP contribution >= 0.6 is 0 Å². The first-order valence-electron chi connectivity index (χ1n) is 5.08. The second-order valence-corrected chi connectivity index (χ2v) is 5.66. The first-order valence-corrected chi connectivity index (χ1v) is 6.52. The fraction of sp³-hybridized carbons (Fsp3) is 0.500. The number of nitrogens with zero attached hydrogens (tertiary/aromatic N) is 2. The standard InChI is InChI=1S/C10H17N3O2S/c1-4-8(2)13(3)16(14,15)10-7-12-6-5-9(10)11/h5-8H,4H2,1-3H3,(H2,11,12). The van der Waals surface area contributed by atoms with Gasteiger partial charge in [-0.05, 0) is 19.4 Å². The molecule has 1 aromatic rings. The monoisotopic (exact) mass is 243 g/mol. The van der Waals surface area contributed by atoms with E-state index in [0.29, 0.717) is 0 Å². The van der Waals surface area contributed by atoms with E-state index in [1.54, 1.807) is 7.05 Å². The molecule has 0 radical (unpaired) electrons. The highest BCUT2D eigenvalue weighted by atomic mass is 32.2. The van der Waals surface area contributed by atoms with Crippen molar-refractivity contribution in [1.29, 1.82) is 0 Å². The predicted octanol–water partition coefficient (Wildman–Crippen LogP) is 1.08. The molecule has 0 aromatic carbocycles. The number of anilines is 1. The summed E-state index contributed by atoms with van der Waals surface area (Å²) in [5.41, 5.74) is 5.87. The Kier molecular flexibility index (Phi) is 3.88. The molecule has 5 nitrogen and oxygen atoms in total. The third-order valence-electron chi connectivity index (χ3n) is 2.69. The Labute approximate surface area is 96.3 Å². The average Bonchev–Trinajstić information content (AvgIpc) is 2.27. The maximum atomic E-state index is 12.2. The van der Waals surface area contributed by atoms with Crippen molar-refractivity contribution in [2.45, 2.75) is 31.2 Å². The molecule has 1 aromatic heterocycles. The van der Waals surface area contributed by atoms with Crippen LogP contribution in [-0.4, -0.2) is 30.8 Å². The minimum absolute atomic E-state index is 0.0652. The molecular formula is C10H17N3O2S. The highest BCUT2D eigenvalue weighted by Gasteiger charge is 2.26. The Bertz CT molecular complexity index is 459. The van der Waals surface area contributed by atoms with E-state index in [4.69, 9.17) is 5.73 Å². The lowest BCUT2D eigenvalue weighted by atomic mass is 10.3. The third kappa shape index (κ3) is 2.33. The molecule has 0 saturated carbocycles. The minimum Gasteiger partial charge on any atom is -0.398 e. The van der Waals surface area contributed by atoms with E-state index in [0.717, 1.165) is 6.42 Å². The van der Waals surface area contributed by atoms with Crippen molar-refractivity contribution in [2.75, 3.05) is 12.8 Å². The van der Waals surface area contributed by atoms with Gasteiger partial charge < -0.3 is 5.73 Å². The zero-order chi connectivity index (χ0) is 12.3. The summed E-state index contributed by atoms with van der Waals surface area (Å²) in [5.74, 6) is 0. The second-order valence-electron chi connectivity index (χ2n) is 3.69. The molecule has 0 aliphatic rings. The zero-order valence-corrected chi connectivity index (χ0v) is 10.5. The summed E-state index contributed by atoms with van der Waals surface area (Å²) >= 11 is 0. The van der Waals surface area contributed by atoms with Gasteiger partial charge in [-0.1, -0.05) is 6.92 Å². The third-order valence-corrected chi connectivity index (χ3v) is 4.70. The Morgan fingerprint density at radius 2 is 2.19 bits per heavy atom. The van der Waals surface area contributed by atoms with E-state index in [2.05, 4.69) is 4.98 Å². The Balaban J connectivity index is 3.17. The molecule has 0 spiro atoms. The lowest BCUT2D eigenvalue weighted by molar-refractivity contribution is 0.380. The van der Waals surface area contributed by atoms with E-state index in [1.807, 2.05) is 13.8 Å². The first-order chi connectivity index (χ1) is 7.41. The van der Waals surface area contributed by atoms with Gasteiger partial charge in [0.15, 0.2) is 0 Å². The number of nitrogens with two attached hydrogens (primary N) is 1. The van der Waals surface area contributed by atoms with Crippen LogP contribution in [0.2, 0.25) is 0 Å². The van der Waals surface area contributed by atoms with Crippen LogP contribution in [0, 0.1) is 0 Å². The lowest BCUT2D eigenvalue weighted by Crippen LogP contribution is -2.35. The zero-order valence-electron chi connectivity index (χ0n) is 9.71. The number of hydrogen-bond acceptors (Lipinski definition) is 4. The Hall–Kier alpha value is -1.14. The van der Waals surface area contributed by atoms with Crippen LogP contribution in [0.4, 0.5) is 5.69 Å². The van der Waals surface area contributed by atoms with Gasteiger partial charge in [-0.2, -0.15) is 4.31 Å². The van der Waals surface area contributed by atoms with Crippen molar-refractivity contribution < 1.29 is 8.42 Å². The molecule has 1 rings (SSSR count). The molecule has 1 unspecified atom stereocenters. The Morgan fingerprint density at radius 3 is 2.69 bits per heavy atom. The molecule has 1 atom stereocenters. The molecule has 0 amide bonds. The first kappa shape index (κ1) is 12.9. The van der Waals surface area contributed by atoms with E-state index in [1.165, 1.54) is 22.8 Å². The van der Waals surface area contributed by atoms with E-state index < -0.39 is 10.0 Å². The SMILES string of the molecule is CCC(C)N(C)S(=O)(=O)c1cnccc1N. The number of rotatable bonds is 4. The second kappa shape index (κ2) is 4.80. The number of sulfonamides is 1. The molecular weight excluding hydrogens is 226 g/mol. The summed E-state index contributed by atoms with van der Waals surface area (Å²) in [6.45, 7) is 3.79. The summed E-state index contributed by atoms with van der Waals surface area (Å²) < 4.78 is 25.6. The fourth-order valence-electron chi connectivity index (χ4n) is 1.26. The molecule has 90 valence electrons. The summed E-state index contributed by atoms with van der Waals surface area (Å²) in [6.07, 6.45) is 3.50. The molecule has 16 heavy (non-hydrogen) atoms. The van der Waals surface area contributed by atoms with Crippen LogP contribution in [0.5, 0.6) is 0 Å². The molecule has 2 N–H and O–H groups in total. The van der Waals surface area contributed by atoms with Crippen molar-refractivity contribution in [3.63, 3.8) is 0 Å². The lowest BCUT2D eigenvalue weighted by Gasteiger charge is -2.23. The van der Waals surface area contributed by atoms with Crippen LogP contribution in [-0.2, 0) is 10.0 Å². The number of nitrogen functional groups attached to an aromatic ring is 1. The maximum absolute atomic E-state index is 12.2. The quantitative estimate of drug-likeness (QED) is 0.858. The van der Waals surface area contributed by atoms with Gasteiger partial charge in [0.25, 0.3) is 0 Å². The van der Waals surface area contributed by atoms with Gasteiger partial charge in [0, 0.05) is 25.5 Å². The molecule has 0 fully saturated rings. The van der Waals surface area contributed by atoms with E-state index >= 15 is 0 Å². The van der Waals surface area contributed by atoms with Gasteiger partial charge in [0.2, 0.25) is 10.0 Å². The highest BCUT2D eigenvalue weighted by molar-refractivity contribution is 7.89. The molecule has 1 heterocycles. The maximum Gasteiger partial charge on any atom is 0.246 e. The number of hydrogen-bond donors (Lipinski definition) is 1.